The van der Waals surface area contributed by atoms with E-state index in [9.17, 15) is 4.79 Å². The second-order valence-electron chi connectivity index (χ2n) is 5.97. The fourth-order valence-electron chi connectivity index (χ4n) is 2.12. The van der Waals surface area contributed by atoms with Crippen LogP contribution in [0.1, 0.15) is 34.6 Å². The molecule has 2 rings (SSSR count). The molecule has 0 spiro atoms. The van der Waals surface area contributed by atoms with Crippen LogP contribution in [0.2, 0.25) is 0 Å². The van der Waals surface area contributed by atoms with Gasteiger partial charge in [-0.1, -0.05) is 11.6 Å². The first-order valence-electron chi connectivity index (χ1n) is 6.44. The van der Waals surface area contributed by atoms with Crippen molar-refractivity contribution >= 4 is 5.97 Å². The van der Waals surface area contributed by atoms with Gasteiger partial charge in [0.25, 0.3) is 0 Å². The molecule has 0 aromatic heterocycles. The smallest absolute Gasteiger partial charge is 0.338 e. The van der Waals surface area contributed by atoms with Crippen LogP contribution in [0, 0.1) is 0 Å². The number of hydrogen-bond donors (Lipinski definition) is 0. The molecule has 0 saturated heterocycles. The summed E-state index contributed by atoms with van der Waals surface area (Å²) < 4.78 is 11.0. The number of hydrogen-bond acceptors (Lipinski definition) is 3. The average molecular weight is 260 g/mol. The molecule has 0 aromatic carbocycles. The van der Waals surface area contributed by atoms with E-state index in [4.69, 9.17) is 9.47 Å². The molecule has 0 fully saturated rings. The summed E-state index contributed by atoms with van der Waals surface area (Å²) in [5.74, 6) is 0.459. The lowest BCUT2D eigenvalue weighted by Gasteiger charge is -2.19. The number of ether oxygens (including phenoxy) is 2. The number of rotatable bonds is 1. The summed E-state index contributed by atoms with van der Waals surface area (Å²) in [6.07, 6.45) is 6.00. The van der Waals surface area contributed by atoms with Crippen molar-refractivity contribution < 1.29 is 14.3 Å². The third-order valence-electron chi connectivity index (χ3n) is 2.79. The van der Waals surface area contributed by atoms with E-state index in [0.717, 1.165) is 22.5 Å². The van der Waals surface area contributed by atoms with Crippen molar-refractivity contribution in [2.24, 2.45) is 0 Å². The van der Waals surface area contributed by atoms with Gasteiger partial charge in [0.15, 0.2) is 0 Å². The first-order valence-corrected chi connectivity index (χ1v) is 6.44. The van der Waals surface area contributed by atoms with Crippen molar-refractivity contribution in [2.45, 2.75) is 40.2 Å². The largest absolute Gasteiger partial charge is 0.488 e. The summed E-state index contributed by atoms with van der Waals surface area (Å²) in [7, 11) is 0. The first-order chi connectivity index (χ1) is 8.76. The molecule has 0 unspecified atom stereocenters. The van der Waals surface area contributed by atoms with Gasteiger partial charge >= 0.3 is 5.97 Å². The minimum atomic E-state index is -0.491. The molecule has 19 heavy (non-hydrogen) atoms. The lowest BCUT2D eigenvalue weighted by molar-refractivity contribution is -0.150. The van der Waals surface area contributed by atoms with Crippen molar-refractivity contribution in [3.05, 3.63) is 46.3 Å². The molecule has 3 nitrogen and oxygen atoms in total. The van der Waals surface area contributed by atoms with E-state index in [2.05, 4.69) is 6.08 Å². The second kappa shape index (κ2) is 4.72. The van der Waals surface area contributed by atoms with E-state index < -0.39 is 5.60 Å². The summed E-state index contributed by atoms with van der Waals surface area (Å²) in [4.78, 5) is 12.2. The maximum Gasteiger partial charge on any atom is 0.338 e. The van der Waals surface area contributed by atoms with Crippen molar-refractivity contribution in [1.82, 2.24) is 0 Å². The maximum absolute atomic E-state index is 12.2. The van der Waals surface area contributed by atoms with Crippen molar-refractivity contribution in [3.63, 3.8) is 0 Å². The number of carbonyl (C=O) groups is 1. The summed E-state index contributed by atoms with van der Waals surface area (Å²) in [6, 6.07) is 0. The number of esters is 1. The van der Waals surface area contributed by atoms with Crippen molar-refractivity contribution in [2.75, 3.05) is 6.61 Å². The molecular formula is C16H20O3. The lowest BCUT2D eigenvalue weighted by Crippen LogP contribution is -2.25. The minimum absolute atomic E-state index is 0.285. The van der Waals surface area contributed by atoms with Crippen molar-refractivity contribution in [3.8, 4) is 0 Å². The predicted molar refractivity (Wildman–Crippen MR) is 74.4 cm³/mol. The molecular weight excluding hydrogens is 240 g/mol. The van der Waals surface area contributed by atoms with Crippen LogP contribution in [0.4, 0.5) is 0 Å². The Labute approximate surface area is 114 Å². The van der Waals surface area contributed by atoms with Gasteiger partial charge < -0.3 is 9.47 Å². The molecule has 1 heterocycles. The van der Waals surface area contributed by atoms with Gasteiger partial charge in [0.1, 0.15) is 18.0 Å². The molecule has 0 aromatic rings. The molecule has 1 aliphatic carbocycles. The van der Waals surface area contributed by atoms with Crippen LogP contribution < -0.4 is 0 Å². The molecule has 0 saturated carbocycles. The quantitative estimate of drug-likeness (QED) is 0.677. The van der Waals surface area contributed by atoms with Crippen LogP contribution in [0.25, 0.3) is 0 Å². The van der Waals surface area contributed by atoms with Crippen LogP contribution in [0.3, 0.4) is 0 Å². The normalized spacial score (nSPS) is 18.9. The van der Waals surface area contributed by atoms with Crippen LogP contribution in [0.15, 0.2) is 46.3 Å². The lowest BCUT2D eigenvalue weighted by atomic mass is 10.1. The standard InChI is InChI=1S/C16H20O3/c1-10-6-11(2)8-14-12(7-10)13(9-18-14)15(17)19-16(3,4)5/h6-8H,9H2,1-5H3. The first kappa shape index (κ1) is 13.7. The Morgan fingerprint density at radius 2 is 1.79 bits per heavy atom. The van der Waals surface area contributed by atoms with Gasteiger partial charge in [0, 0.05) is 5.57 Å². The van der Waals surface area contributed by atoms with E-state index >= 15 is 0 Å². The molecule has 1 aliphatic heterocycles. The van der Waals surface area contributed by atoms with Gasteiger partial charge in [-0.25, -0.2) is 4.79 Å². The van der Waals surface area contributed by atoms with Gasteiger partial charge in [0.05, 0.1) is 5.57 Å². The Bertz CT molecular complexity index is 537. The second-order valence-corrected chi connectivity index (χ2v) is 5.97. The zero-order valence-electron chi connectivity index (χ0n) is 12.2. The molecule has 2 aliphatic rings. The Kier molecular flexibility index (Phi) is 3.40. The van der Waals surface area contributed by atoms with Gasteiger partial charge in [-0.05, 0) is 52.3 Å². The molecule has 102 valence electrons. The predicted octanol–water partition coefficient (Wildman–Crippen LogP) is 3.45. The van der Waals surface area contributed by atoms with E-state index in [1.54, 1.807) is 0 Å². The molecule has 0 atom stereocenters. The van der Waals surface area contributed by atoms with Crippen molar-refractivity contribution in [1.29, 1.82) is 0 Å². The van der Waals surface area contributed by atoms with Crippen LogP contribution >= 0.6 is 0 Å². The third-order valence-corrected chi connectivity index (χ3v) is 2.79. The highest BCUT2D eigenvalue weighted by Gasteiger charge is 2.29. The summed E-state index contributed by atoms with van der Waals surface area (Å²) >= 11 is 0. The van der Waals surface area contributed by atoms with E-state index in [-0.39, 0.29) is 12.6 Å². The Morgan fingerprint density at radius 1 is 1.16 bits per heavy atom. The van der Waals surface area contributed by atoms with Gasteiger partial charge in [-0.3, -0.25) is 0 Å². The average Bonchev–Trinajstić information content (AvgIpc) is 2.52. The van der Waals surface area contributed by atoms with E-state index in [1.165, 1.54) is 0 Å². The Balaban J connectivity index is 2.37. The van der Waals surface area contributed by atoms with Gasteiger partial charge in [-0.2, -0.15) is 0 Å². The highest BCUT2D eigenvalue weighted by Crippen LogP contribution is 2.32. The Morgan fingerprint density at radius 3 is 2.42 bits per heavy atom. The maximum atomic E-state index is 12.2. The van der Waals surface area contributed by atoms with E-state index in [1.807, 2.05) is 46.8 Å². The SMILES string of the molecule is CC1=CC(C)=CC2=C(C(=O)OC(C)(C)C)COC2=C1. The summed E-state index contributed by atoms with van der Waals surface area (Å²) in [6.45, 7) is 9.90. The number of fused-ring (bicyclic) bond motifs is 1. The number of carbonyl (C=O) groups excluding carboxylic acids is 1. The fourth-order valence-corrected chi connectivity index (χ4v) is 2.12. The van der Waals surface area contributed by atoms with Gasteiger partial charge in [-0.15, -0.1) is 0 Å². The highest BCUT2D eigenvalue weighted by atomic mass is 16.6. The number of allylic oxidation sites excluding steroid dienone is 5. The molecule has 0 amide bonds. The molecule has 0 radical (unpaired) electrons. The van der Waals surface area contributed by atoms with Crippen LogP contribution in [0.5, 0.6) is 0 Å². The zero-order chi connectivity index (χ0) is 14.2. The fraction of sp³-hybridized carbons (Fsp3) is 0.438. The summed E-state index contributed by atoms with van der Waals surface area (Å²) in [5, 5.41) is 0. The summed E-state index contributed by atoms with van der Waals surface area (Å²) in [5.41, 5.74) is 3.17. The third kappa shape index (κ3) is 3.16. The van der Waals surface area contributed by atoms with Gasteiger partial charge in [0.2, 0.25) is 0 Å². The molecule has 3 heteroatoms. The monoisotopic (exact) mass is 260 g/mol. The topological polar surface area (TPSA) is 35.5 Å². The van der Waals surface area contributed by atoms with Crippen LogP contribution in [-0.4, -0.2) is 18.2 Å². The molecule has 0 bridgehead atoms. The zero-order valence-corrected chi connectivity index (χ0v) is 12.2. The van der Waals surface area contributed by atoms with Crippen LogP contribution in [-0.2, 0) is 14.3 Å². The molecule has 0 N–H and O–H groups in total. The van der Waals surface area contributed by atoms with E-state index in [0.29, 0.717) is 5.57 Å². The highest BCUT2D eigenvalue weighted by molar-refractivity contribution is 5.92. The minimum Gasteiger partial charge on any atom is -0.488 e. The Hall–Kier alpha value is -1.77.